The van der Waals surface area contributed by atoms with Crippen molar-refractivity contribution < 1.29 is 29.4 Å². The summed E-state index contributed by atoms with van der Waals surface area (Å²) in [5.41, 5.74) is 0.708. The molecule has 0 heterocycles. The Morgan fingerprint density at radius 1 is 0.625 bits per heavy atom. The first-order valence-electron chi connectivity index (χ1n) is 6.99. The van der Waals surface area contributed by atoms with Crippen molar-refractivity contribution in [2.75, 3.05) is 0 Å². The molecule has 0 saturated carbocycles. The van der Waals surface area contributed by atoms with Crippen molar-refractivity contribution in [1.82, 2.24) is 0 Å². The first-order valence-corrected chi connectivity index (χ1v) is 6.99. The summed E-state index contributed by atoms with van der Waals surface area (Å²) in [4.78, 5) is 45.7. The highest BCUT2D eigenvalue weighted by molar-refractivity contribution is 6.07. The van der Waals surface area contributed by atoms with E-state index in [1.165, 1.54) is 50.2 Å². The van der Waals surface area contributed by atoms with Crippen LogP contribution in [0.1, 0.15) is 55.3 Å². The van der Waals surface area contributed by atoms with E-state index in [0.29, 0.717) is 11.1 Å². The zero-order chi connectivity index (χ0) is 18.0. The van der Waals surface area contributed by atoms with Gasteiger partial charge in [0, 0.05) is 11.1 Å². The maximum absolute atomic E-state index is 11.5. The molecule has 2 N–H and O–H groups in total. The summed E-state index contributed by atoms with van der Waals surface area (Å²) < 4.78 is 0. The molecule has 0 aliphatic carbocycles. The van der Waals surface area contributed by atoms with Crippen molar-refractivity contribution >= 4 is 23.5 Å². The van der Waals surface area contributed by atoms with Crippen molar-refractivity contribution in [2.45, 2.75) is 13.8 Å². The van der Waals surface area contributed by atoms with Crippen LogP contribution in [0.4, 0.5) is 0 Å². The molecule has 2 aromatic carbocycles. The number of aromatic carboxylic acids is 2. The van der Waals surface area contributed by atoms with E-state index in [-0.39, 0.29) is 33.8 Å². The molecule has 0 bridgehead atoms. The highest BCUT2D eigenvalue weighted by atomic mass is 16.4. The lowest BCUT2D eigenvalue weighted by atomic mass is 9.94. The van der Waals surface area contributed by atoms with E-state index >= 15 is 0 Å². The van der Waals surface area contributed by atoms with Crippen LogP contribution in [0.3, 0.4) is 0 Å². The lowest BCUT2D eigenvalue weighted by molar-refractivity contribution is 0.0683. The van der Waals surface area contributed by atoms with Gasteiger partial charge in [-0.3, -0.25) is 9.59 Å². The van der Waals surface area contributed by atoms with Crippen LogP contribution in [-0.2, 0) is 0 Å². The summed E-state index contributed by atoms with van der Waals surface area (Å²) in [6.07, 6.45) is 0. The average molecular weight is 326 g/mol. The molecule has 0 aliphatic rings. The number of Topliss-reactive ketones (excluding diaryl/α,β-unsaturated/α-hetero) is 2. The van der Waals surface area contributed by atoms with Crippen molar-refractivity contribution in [1.29, 1.82) is 0 Å². The minimum Gasteiger partial charge on any atom is -0.478 e. The van der Waals surface area contributed by atoms with Crippen LogP contribution in [0.2, 0.25) is 0 Å². The molecule has 24 heavy (non-hydrogen) atoms. The fourth-order valence-electron chi connectivity index (χ4n) is 2.42. The summed E-state index contributed by atoms with van der Waals surface area (Å²) in [5, 5.41) is 18.5. The summed E-state index contributed by atoms with van der Waals surface area (Å²) in [6.45, 7) is 2.54. The number of rotatable bonds is 5. The Hall–Kier alpha value is -3.28. The van der Waals surface area contributed by atoms with Gasteiger partial charge in [0.1, 0.15) is 0 Å². The quantitative estimate of drug-likeness (QED) is 0.817. The van der Waals surface area contributed by atoms with Gasteiger partial charge in [-0.1, -0.05) is 12.1 Å². The average Bonchev–Trinajstić information content (AvgIpc) is 2.53. The molecular weight excluding hydrogens is 312 g/mol. The van der Waals surface area contributed by atoms with Crippen LogP contribution in [-0.4, -0.2) is 33.7 Å². The third-order valence-electron chi connectivity index (χ3n) is 3.59. The highest BCUT2D eigenvalue weighted by Crippen LogP contribution is 2.26. The Kier molecular flexibility index (Phi) is 4.59. The third kappa shape index (κ3) is 3.22. The van der Waals surface area contributed by atoms with Gasteiger partial charge in [0.25, 0.3) is 0 Å². The number of benzene rings is 2. The Bertz CT molecular complexity index is 806. The summed E-state index contributed by atoms with van der Waals surface area (Å²) in [6, 6.07) is 8.48. The van der Waals surface area contributed by atoms with E-state index in [1.807, 2.05) is 0 Å². The monoisotopic (exact) mass is 326 g/mol. The Balaban J connectivity index is 2.64. The molecule has 0 saturated heterocycles. The number of carboxylic acids is 2. The third-order valence-corrected chi connectivity index (χ3v) is 3.59. The number of carbonyl (C=O) groups excluding carboxylic acids is 2. The van der Waals surface area contributed by atoms with Crippen molar-refractivity contribution in [3.05, 3.63) is 58.7 Å². The van der Waals surface area contributed by atoms with Crippen molar-refractivity contribution in [2.24, 2.45) is 0 Å². The fraction of sp³-hybridized carbons (Fsp3) is 0.111. The van der Waals surface area contributed by atoms with Crippen LogP contribution in [0.5, 0.6) is 0 Å². The zero-order valence-corrected chi connectivity index (χ0v) is 13.0. The minimum absolute atomic E-state index is 0.0741. The van der Waals surface area contributed by atoms with E-state index in [0.717, 1.165) is 0 Å². The predicted octanol–water partition coefficient (Wildman–Crippen LogP) is 3.16. The number of carbonyl (C=O) groups is 4. The molecule has 2 aromatic rings. The first-order chi connectivity index (χ1) is 11.2. The molecular formula is C18H14O6. The molecule has 6 nitrogen and oxygen atoms in total. The van der Waals surface area contributed by atoms with Gasteiger partial charge in [0.15, 0.2) is 11.6 Å². The highest BCUT2D eigenvalue weighted by Gasteiger charge is 2.18. The van der Waals surface area contributed by atoms with Crippen LogP contribution in [0.25, 0.3) is 11.1 Å². The van der Waals surface area contributed by atoms with Gasteiger partial charge < -0.3 is 10.2 Å². The predicted molar refractivity (Wildman–Crippen MR) is 85.8 cm³/mol. The molecule has 2 rings (SSSR count). The molecule has 6 heteroatoms. The van der Waals surface area contributed by atoms with Crippen molar-refractivity contribution in [3.63, 3.8) is 0 Å². The first kappa shape index (κ1) is 17.1. The van der Waals surface area contributed by atoms with Gasteiger partial charge >= 0.3 is 11.9 Å². The standard InChI is InChI=1S/C18H14O6/c1-9(19)13-5-3-11(7-15(13)17(21)22)12-4-6-14(10(2)20)16(8-12)18(23)24/h3-8H,1-2H3,(H,21,22)(H,23,24). The maximum Gasteiger partial charge on any atom is 0.336 e. The summed E-state index contributed by atoms with van der Waals surface area (Å²) >= 11 is 0. The van der Waals surface area contributed by atoms with Crippen molar-refractivity contribution in [3.8, 4) is 11.1 Å². The molecule has 0 unspecified atom stereocenters. The lowest BCUT2D eigenvalue weighted by Gasteiger charge is -2.09. The second kappa shape index (κ2) is 6.45. The van der Waals surface area contributed by atoms with Crippen LogP contribution >= 0.6 is 0 Å². The second-order valence-electron chi connectivity index (χ2n) is 5.24. The normalized spacial score (nSPS) is 10.2. The molecule has 0 radical (unpaired) electrons. The Labute approximate surface area is 137 Å². The van der Waals surface area contributed by atoms with Crippen LogP contribution in [0, 0.1) is 0 Å². The van der Waals surface area contributed by atoms with E-state index in [1.54, 1.807) is 0 Å². The van der Waals surface area contributed by atoms with Gasteiger partial charge in [-0.05, 0) is 49.2 Å². The SMILES string of the molecule is CC(=O)c1ccc(-c2ccc(C(C)=O)c(C(=O)O)c2)cc1C(=O)O. The van der Waals surface area contributed by atoms with Gasteiger partial charge in [-0.15, -0.1) is 0 Å². The number of ketones is 2. The lowest BCUT2D eigenvalue weighted by Crippen LogP contribution is -2.07. The largest absolute Gasteiger partial charge is 0.478 e. The second-order valence-corrected chi connectivity index (χ2v) is 5.24. The Morgan fingerprint density at radius 2 is 0.958 bits per heavy atom. The summed E-state index contributed by atoms with van der Waals surface area (Å²) in [5.74, 6) is -3.25. The van der Waals surface area contributed by atoms with E-state index in [4.69, 9.17) is 0 Å². The van der Waals surface area contributed by atoms with E-state index in [9.17, 15) is 29.4 Å². The van der Waals surface area contributed by atoms with Gasteiger partial charge in [0.05, 0.1) is 11.1 Å². The fourth-order valence-corrected chi connectivity index (χ4v) is 2.42. The maximum atomic E-state index is 11.5. The Morgan fingerprint density at radius 3 is 1.21 bits per heavy atom. The number of carboxylic acid groups (broad SMARTS) is 2. The molecule has 0 atom stereocenters. The summed E-state index contributed by atoms with van der Waals surface area (Å²) in [7, 11) is 0. The molecule has 0 spiro atoms. The van der Waals surface area contributed by atoms with Gasteiger partial charge in [0.2, 0.25) is 0 Å². The van der Waals surface area contributed by atoms with Gasteiger partial charge in [-0.25, -0.2) is 9.59 Å². The molecule has 0 fully saturated rings. The smallest absolute Gasteiger partial charge is 0.336 e. The zero-order valence-electron chi connectivity index (χ0n) is 13.0. The molecule has 0 amide bonds. The van der Waals surface area contributed by atoms with Crippen LogP contribution < -0.4 is 0 Å². The molecule has 0 aliphatic heterocycles. The van der Waals surface area contributed by atoms with Crippen LogP contribution in [0.15, 0.2) is 36.4 Å². The minimum atomic E-state index is -1.25. The molecule has 122 valence electrons. The van der Waals surface area contributed by atoms with E-state index < -0.39 is 11.9 Å². The number of hydrogen-bond acceptors (Lipinski definition) is 4. The van der Waals surface area contributed by atoms with Gasteiger partial charge in [-0.2, -0.15) is 0 Å². The molecule has 0 aromatic heterocycles. The topological polar surface area (TPSA) is 109 Å². The number of hydrogen-bond donors (Lipinski definition) is 2. The van der Waals surface area contributed by atoms with E-state index in [2.05, 4.69) is 0 Å².